The Morgan fingerprint density at radius 2 is 1.80 bits per heavy atom. The number of nitrogens with one attached hydrogen (secondary N) is 2. The first-order valence-electron chi connectivity index (χ1n) is 10.8. The second kappa shape index (κ2) is 10.1. The quantitative estimate of drug-likeness (QED) is 0.744. The van der Waals surface area contributed by atoms with Crippen molar-refractivity contribution in [3.8, 4) is 0 Å². The molecule has 2 aromatic rings. The lowest BCUT2D eigenvalue weighted by Crippen LogP contribution is -2.47. The summed E-state index contributed by atoms with van der Waals surface area (Å²) in [4.78, 5) is 28.5. The summed E-state index contributed by atoms with van der Waals surface area (Å²) in [7, 11) is 0. The first-order valence-corrected chi connectivity index (χ1v) is 11.7. The second-order valence-corrected chi connectivity index (χ2v) is 9.31. The van der Waals surface area contributed by atoms with Gasteiger partial charge in [0.15, 0.2) is 0 Å². The maximum absolute atomic E-state index is 12.9. The number of hydrogen-bond acceptors (Lipinski definition) is 4. The molecular weight excluding hydrogens is 394 g/mol. The van der Waals surface area contributed by atoms with Crippen LogP contribution in [0, 0.1) is 0 Å². The molecule has 0 aliphatic carbocycles. The Balaban J connectivity index is 1.22. The van der Waals surface area contributed by atoms with Crippen molar-refractivity contribution in [2.45, 2.75) is 48.3 Å². The van der Waals surface area contributed by atoms with Gasteiger partial charge in [-0.1, -0.05) is 42.5 Å². The average molecular weight is 424 g/mol. The Morgan fingerprint density at radius 3 is 2.60 bits per heavy atom. The molecule has 1 atom stereocenters. The van der Waals surface area contributed by atoms with Crippen LogP contribution in [0.3, 0.4) is 0 Å². The maximum atomic E-state index is 12.9. The third-order valence-electron chi connectivity index (χ3n) is 5.81. The summed E-state index contributed by atoms with van der Waals surface area (Å²) in [5.41, 5.74) is 2.19. The van der Waals surface area contributed by atoms with Crippen molar-refractivity contribution < 1.29 is 9.59 Å². The fourth-order valence-corrected chi connectivity index (χ4v) is 5.25. The van der Waals surface area contributed by atoms with Gasteiger partial charge in [0.25, 0.3) is 0 Å². The number of para-hydroxylation sites is 1. The topological polar surface area (TPSA) is 61.4 Å². The van der Waals surface area contributed by atoms with E-state index in [9.17, 15) is 9.59 Å². The fourth-order valence-electron chi connectivity index (χ4n) is 4.13. The van der Waals surface area contributed by atoms with Gasteiger partial charge < -0.3 is 15.5 Å². The second-order valence-electron chi connectivity index (χ2n) is 8.07. The molecule has 2 aromatic carbocycles. The average Bonchev–Trinajstić information content (AvgIpc) is 2.94. The van der Waals surface area contributed by atoms with Crippen molar-refractivity contribution in [1.29, 1.82) is 0 Å². The summed E-state index contributed by atoms with van der Waals surface area (Å²) in [6.45, 7) is 3.13. The number of amides is 2. The van der Waals surface area contributed by atoms with E-state index < -0.39 is 0 Å². The van der Waals surface area contributed by atoms with Crippen LogP contribution in [0.1, 0.15) is 31.2 Å². The molecule has 2 amide bonds. The molecule has 0 saturated carbocycles. The number of anilines is 1. The van der Waals surface area contributed by atoms with Crippen molar-refractivity contribution >= 4 is 29.3 Å². The number of aryl methyl sites for hydroxylation is 1. The van der Waals surface area contributed by atoms with Crippen molar-refractivity contribution in [1.82, 2.24) is 10.2 Å². The highest BCUT2D eigenvalue weighted by atomic mass is 32.2. The normalized spacial score (nSPS) is 20.1. The minimum absolute atomic E-state index is 0.0191. The van der Waals surface area contributed by atoms with E-state index in [1.807, 2.05) is 24.3 Å². The number of fused-ring (bicyclic) bond motifs is 1. The van der Waals surface area contributed by atoms with Crippen LogP contribution in [0.5, 0.6) is 0 Å². The van der Waals surface area contributed by atoms with Gasteiger partial charge in [0, 0.05) is 30.4 Å². The largest absolute Gasteiger partial charge is 0.352 e. The van der Waals surface area contributed by atoms with Crippen molar-refractivity contribution in [2.24, 2.45) is 0 Å². The molecule has 0 radical (unpaired) electrons. The van der Waals surface area contributed by atoms with Gasteiger partial charge in [-0.15, -0.1) is 11.8 Å². The minimum atomic E-state index is -0.377. The minimum Gasteiger partial charge on any atom is -0.352 e. The standard InChI is InChI=1S/C24H29N3O2S/c28-23-17-22(30-21-11-5-4-10-20(21)26-23)24(29)25-19-12-15-27(16-13-19)14-6-9-18-7-2-1-3-8-18/h1-5,7-8,10-11,19,22H,6,9,12-17H2,(H,25,29)(H,26,28). The van der Waals surface area contributed by atoms with Crippen LogP contribution < -0.4 is 10.6 Å². The number of carbonyl (C=O) groups is 2. The highest BCUT2D eigenvalue weighted by Crippen LogP contribution is 2.35. The number of carbonyl (C=O) groups excluding carboxylic acids is 2. The lowest BCUT2D eigenvalue weighted by molar-refractivity contribution is -0.124. The van der Waals surface area contributed by atoms with E-state index in [1.165, 1.54) is 17.3 Å². The molecular formula is C24H29N3O2S. The van der Waals surface area contributed by atoms with Gasteiger partial charge in [-0.25, -0.2) is 0 Å². The van der Waals surface area contributed by atoms with E-state index in [0.717, 1.165) is 55.9 Å². The Kier molecular flexibility index (Phi) is 7.07. The van der Waals surface area contributed by atoms with E-state index in [4.69, 9.17) is 0 Å². The first-order chi connectivity index (χ1) is 14.7. The molecule has 1 unspecified atom stereocenters. The summed E-state index contributed by atoms with van der Waals surface area (Å²) in [5.74, 6) is -0.116. The highest BCUT2D eigenvalue weighted by Gasteiger charge is 2.30. The van der Waals surface area contributed by atoms with E-state index in [2.05, 4.69) is 45.9 Å². The summed E-state index contributed by atoms with van der Waals surface area (Å²) in [6, 6.07) is 18.5. The first kappa shape index (κ1) is 20.9. The van der Waals surface area contributed by atoms with Crippen LogP contribution >= 0.6 is 11.8 Å². The van der Waals surface area contributed by atoms with Gasteiger partial charge >= 0.3 is 0 Å². The summed E-state index contributed by atoms with van der Waals surface area (Å²) >= 11 is 1.48. The van der Waals surface area contributed by atoms with Crippen molar-refractivity contribution in [2.75, 3.05) is 25.0 Å². The molecule has 2 aliphatic heterocycles. The van der Waals surface area contributed by atoms with Crippen LogP contribution in [0.25, 0.3) is 0 Å². The maximum Gasteiger partial charge on any atom is 0.234 e. The molecule has 30 heavy (non-hydrogen) atoms. The predicted molar refractivity (Wildman–Crippen MR) is 122 cm³/mol. The number of nitrogens with zero attached hydrogens (tertiary/aromatic N) is 1. The number of rotatable bonds is 6. The molecule has 1 saturated heterocycles. The van der Waals surface area contributed by atoms with Gasteiger partial charge in [-0.2, -0.15) is 0 Å². The molecule has 0 bridgehead atoms. The number of likely N-dealkylation sites (tertiary alicyclic amines) is 1. The Hall–Kier alpha value is -2.31. The van der Waals surface area contributed by atoms with Crippen molar-refractivity contribution in [3.63, 3.8) is 0 Å². The zero-order chi connectivity index (χ0) is 20.8. The Bertz CT molecular complexity index is 866. The molecule has 4 rings (SSSR count). The number of thioether (sulfide) groups is 1. The van der Waals surface area contributed by atoms with Gasteiger partial charge in [0.1, 0.15) is 0 Å². The molecule has 2 N–H and O–H groups in total. The lowest BCUT2D eigenvalue weighted by Gasteiger charge is -2.33. The summed E-state index contributed by atoms with van der Waals surface area (Å²) < 4.78 is 0. The summed E-state index contributed by atoms with van der Waals surface area (Å²) in [6.07, 6.45) is 4.42. The monoisotopic (exact) mass is 423 g/mol. The van der Waals surface area contributed by atoms with Gasteiger partial charge in [0.2, 0.25) is 11.8 Å². The Morgan fingerprint density at radius 1 is 1.07 bits per heavy atom. The van der Waals surface area contributed by atoms with Crippen LogP contribution in [0.4, 0.5) is 5.69 Å². The predicted octanol–water partition coefficient (Wildman–Crippen LogP) is 3.70. The number of benzene rings is 2. The van der Waals surface area contributed by atoms with Crippen molar-refractivity contribution in [3.05, 3.63) is 60.2 Å². The van der Waals surface area contributed by atoms with Crippen LogP contribution in [0.15, 0.2) is 59.5 Å². The number of piperidine rings is 1. The zero-order valence-corrected chi connectivity index (χ0v) is 18.0. The third kappa shape index (κ3) is 5.64. The molecule has 5 nitrogen and oxygen atoms in total. The summed E-state index contributed by atoms with van der Waals surface area (Å²) in [5, 5.41) is 5.73. The van der Waals surface area contributed by atoms with Crippen LogP contribution in [-0.4, -0.2) is 47.6 Å². The van der Waals surface area contributed by atoms with Crippen LogP contribution in [0.2, 0.25) is 0 Å². The SMILES string of the molecule is O=C1CC(C(=O)NC2CCN(CCCc3ccccc3)CC2)Sc2ccccc2N1. The molecule has 2 heterocycles. The van der Waals surface area contributed by atoms with E-state index in [1.54, 1.807) is 0 Å². The zero-order valence-electron chi connectivity index (χ0n) is 17.2. The molecule has 0 spiro atoms. The van der Waals surface area contributed by atoms with Gasteiger partial charge in [-0.3, -0.25) is 9.59 Å². The molecule has 2 aliphatic rings. The van der Waals surface area contributed by atoms with E-state index in [-0.39, 0.29) is 29.5 Å². The molecule has 1 fully saturated rings. The van der Waals surface area contributed by atoms with Gasteiger partial charge in [-0.05, 0) is 49.9 Å². The molecule has 6 heteroatoms. The fraction of sp³-hybridized carbons (Fsp3) is 0.417. The lowest BCUT2D eigenvalue weighted by atomic mass is 10.0. The third-order valence-corrected chi connectivity index (χ3v) is 7.09. The number of hydrogen-bond donors (Lipinski definition) is 2. The molecule has 0 aromatic heterocycles. The highest BCUT2D eigenvalue weighted by molar-refractivity contribution is 8.00. The van der Waals surface area contributed by atoms with Gasteiger partial charge in [0.05, 0.1) is 10.9 Å². The molecule has 158 valence electrons. The Labute approximate surface area is 182 Å². The smallest absolute Gasteiger partial charge is 0.234 e. The van der Waals surface area contributed by atoms with E-state index >= 15 is 0 Å². The van der Waals surface area contributed by atoms with Crippen LogP contribution in [-0.2, 0) is 16.0 Å². The van der Waals surface area contributed by atoms with E-state index in [0.29, 0.717) is 0 Å².